The van der Waals surface area contributed by atoms with Crippen LogP contribution in [-0.4, -0.2) is 43.5 Å². The number of unbranched alkanes of at least 4 members (excludes halogenated alkanes) is 8. The third kappa shape index (κ3) is 16.9. The van der Waals surface area contributed by atoms with Crippen LogP contribution >= 0.6 is 0 Å². The molecule has 0 rings (SSSR count). The molecular formula is C24H54O4Si2. The molecule has 0 aliphatic rings. The fourth-order valence-corrected chi connectivity index (χ4v) is 10.1. The topological polar surface area (TPSA) is 36.9 Å². The lowest BCUT2D eigenvalue weighted by atomic mass is 10.3. The van der Waals surface area contributed by atoms with E-state index >= 15 is 0 Å². The van der Waals surface area contributed by atoms with Crippen molar-refractivity contribution in [1.29, 1.82) is 0 Å². The number of hydrogen-bond acceptors (Lipinski definition) is 4. The molecule has 0 aromatic rings. The molecule has 0 aliphatic carbocycles. The van der Waals surface area contributed by atoms with E-state index in [1.54, 1.807) is 0 Å². The number of hydrogen-bond donors (Lipinski definition) is 0. The predicted octanol–water partition coefficient (Wildman–Crippen LogP) is 7.96. The predicted molar refractivity (Wildman–Crippen MR) is 135 cm³/mol. The lowest BCUT2D eigenvalue weighted by Crippen LogP contribution is -2.45. The summed E-state index contributed by atoms with van der Waals surface area (Å²) in [5.41, 5.74) is 0. The minimum atomic E-state index is -2.19. The van der Waals surface area contributed by atoms with Gasteiger partial charge in [0.15, 0.2) is 0 Å². The molecule has 0 aromatic carbocycles. The van der Waals surface area contributed by atoms with Crippen molar-refractivity contribution < 1.29 is 17.7 Å². The maximum absolute atomic E-state index is 6.42. The fraction of sp³-hybridized carbons (Fsp3) is 1.00. The molecule has 0 radical (unpaired) electrons. The molecule has 4 nitrogen and oxygen atoms in total. The zero-order valence-electron chi connectivity index (χ0n) is 21.4. The Hall–Kier alpha value is 0.274. The summed E-state index contributed by atoms with van der Waals surface area (Å²) in [5, 5.41) is 0. The Bertz CT molecular complexity index is 311. The molecule has 0 heterocycles. The van der Waals surface area contributed by atoms with Gasteiger partial charge < -0.3 is 17.7 Å². The first kappa shape index (κ1) is 30.3. The van der Waals surface area contributed by atoms with Gasteiger partial charge in [-0.3, -0.25) is 0 Å². The highest BCUT2D eigenvalue weighted by Crippen LogP contribution is 2.26. The van der Waals surface area contributed by atoms with Crippen molar-refractivity contribution in [3.8, 4) is 0 Å². The molecule has 0 aliphatic heterocycles. The van der Waals surface area contributed by atoms with Gasteiger partial charge in [-0.05, 0) is 50.9 Å². The maximum Gasteiger partial charge on any atom is 0.334 e. The van der Waals surface area contributed by atoms with Crippen LogP contribution in [0.3, 0.4) is 0 Å². The normalized spacial score (nSPS) is 12.6. The summed E-state index contributed by atoms with van der Waals surface area (Å²) < 4.78 is 25.7. The molecule has 0 N–H and O–H groups in total. The molecule has 0 atom stereocenters. The molecule has 0 bridgehead atoms. The highest BCUT2D eigenvalue weighted by Gasteiger charge is 2.39. The van der Waals surface area contributed by atoms with Gasteiger partial charge in [0, 0.05) is 26.4 Å². The quantitative estimate of drug-likeness (QED) is 0.114. The molecule has 0 unspecified atom stereocenters. The lowest BCUT2D eigenvalue weighted by Gasteiger charge is -2.32. The largest absolute Gasteiger partial charge is 0.394 e. The van der Waals surface area contributed by atoms with Gasteiger partial charge in [-0.1, -0.05) is 79.1 Å². The molecule has 0 amide bonds. The Kier molecular flexibility index (Phi) is 20.1. The van der Waals surface area contributed by atoms with E-state index in [4.69, 9.17) is 17.7 Å². The first-order valence-electron chi connectivity index (χ1n) is 13.0. The molecule has 30 heavy (non-hydrogen) atoms. The molecule has 0 fully saturated rings. The molecule has 0 saturated heterocycles. The van der Waals surface area contributed by atoms with Gasteiger partial charge in [0.25, 0.3) is 0 Å². The molecular weight excluding hydrogens is 408 g/mol. The van der Waals surface area contributed by atoms with Crippen molar-refractivity contribution in [3.63, 3.8) is 0 Å². The van der Waals surface area contributed by atoms with E-state index in [9.17, 15) is 0 Å². The van der Waals surface area contributed by atoms with Crippen LogP contribution in [0, 0.1) is 0 Å². The summed E-state index contributed by atoms with van der Waals surface area (Å²) in [4.78, 5) is 0. The average Bonchev–Trinajstić information content (AvgIpc) is 2.74. The first-order valence-corrected chi connectivity index (χ1v) is 18.1. The van der Waals surface area contributed by atoms with Crippen molar-refractivity contribution in [2.24, 2.45) is 0 Å². The fourth-order valence-electron chi connectivity index (χ4n) is 3.39. The molecule has 0 aromatic heterocycles. The first-order chi connectivity index (χ1) is 14.4. The van der Waals surface area contributed by atoms with Gasteiger partial charge in [-0.2, -0.15) is 0 Å². The van der Waals surface area contributed by atoms with Crippen LogP contribution in [0.4, 0.5) is 0 Å². The monoisotopic (exact) mass is 462 g/mol. The summed E-state index contributed by atoms with van der Waals surface area (Å²) >= 11 is 0. The third-order valence-electron chi connectivity index (χ3n) is 5.65. The van der Waals surface area contributed by atoms with Crippen LogP contribution in [0.2, 0.25) is 25.2 Å². The molecule has 182 valence electrons. The third-order valence-corrected chi connectivity index (χ3v) is 11.7. The standard InChI is InChI=1S/C24H54O4Si2/c1-7-11-15-19-25-29(5,26-20-16-12-8-2)23-24-30(6,27-21-17-13-9-3)28-22-18-14-10-4/h7-24H2,1-6H3. The second-order valence-corrected chi connectivity index (χ2v) is 15.7. The Morgan fingerprint density at radius 2 is 0.633 bits per heavy atom. The van der Waals surface area contributed by atoms with E-state index in [0.717, 1.165) is 64.2 Å². The van der Waals surface area contributed by atoms with Gasteiger partial charge in [0.1, 0.15) is 0 Å². The van der Waals surface area contributed by atoms with Gasteiger partial charge in [0.2, 0.25) is 0 Å². The second-order valence-electron chi connectivity index (χ2n) is 8.99. The van der Waals surface area contributed by atoms with Crippen molar-refractivity contribution in [1.82, 2.24) is 0 Å². The van der Waals surface area contributed by atoms with E-state index in [2.05, 4.69) is 40.8 Å². The van der Waals surface area contributed by atoms with Crippen LogP contribution < -0.4 is 0 Å². The SMILES string of the molecule is CCCCCO[Si](C)(CC[Si](C)(OCCCCC)OCCCCC)OCCCCC. The van der Waals surface area contributed by atoms with Crippen molar-refractivity contribution in [2.45, 2.75) is 130 Å². The zero-order chi connectivity index (χ0) is 22.6. The van der Waals surface area contributed by atoms with Crippen molar-refractivity contribution in [2.75, 3.05) is 26.4 Å². The van der Waals surface area contributed by atoms with E-state index in [-0.39, 0.29) is 0 Å². The van der Waals surface area contributed by atoms with Gasteiger partial charge >= 0.3 is 17.1 Å². The van der Waals surface area contributed by atoms with E-state index < -0.39 is 17.1 Å². The molecule has 0 spiro atoms. The molecule has 0 saturated carbocycles. The van der Waals surface area contributed by atoms with Gasteiger partial charge in [-0.15, -0.1) is 0 Å². The minimum absolute atomic E-state index is 0.831. The number of rotatable bonds is 23. The van der Waals surface area contributed by atoms with E-state index in [1.165, 1.54) is 51.4 Å². The maximum atomic E-state index is 6.42. The van der Waals surface area contributed by atoms with Crippen LogP contribution in [0.1, 0.15) is 105 Å². The van der Waals surface area contributed by atoms with Crippen LogP contribution in [0.15, 0.2) is 0 Å². The highest BCUT2D eigenvalue weighted by atomic mass is 28.4. The van der Waals surface area contributed by atoms with E-state index in [0.29, 0.717) is 0 Å². The Morgan fingerprint density at radius 1 is 0.400 bits per heavy atom. The van der Waals surface area contributed by atoms with Gasteiger partial charge in [-0.25, -0.2) is 0 Å². The van der Waals surface area contributed by atoms with Gasteiger partial charge in [0.05, 0.1) is 0 Å². The summed E-state index contributed by atoms with van der Waals surface area (Å²) in [6.07, 6.45) is 14.3. The highest BCUT2D eigenvalue weighted by molar-refractivity contribution is 6.71. The molecule has 6 heteroatoms. The summed E-state index contributed by atoms with van der Waals surface area (Å²) in [6, 6.07) is 1.96. The summed E-state index contributed by atoms with van der Waals surface area (Å²) in [7, 11) is -4.39. The minimum Gasteiger partial charge on any atom is -0.394 e. The zero-order valence-corrected chi connectivity index (χ0v) is 23.4. The van der Waals surface area contributed by atoms with Crippen LogP contribution in [0.25, 0.3) is 0 Å². The summed E-state index contributed by atoms with van der Waals surface area (Å²) in [5.74, 6) is 0. The average molecular weight is 463 g/mol. The van der Waals surface area contributed by atoms with Crippen LogP contribution in [-0.2, 0) is 17.7 Å². The second kappa shape index (κ2) is 19.9. The smallest absolute Gasteiger partial charge is 0.334 e. The Balaban J connectivity index is 4.82. The van der Waals surface area contributed by atoms with E-state index in [1.807, 2.05) is 0 Å². The van der Waals surface area contributed by atoms with Crippen LogP contribution in [0.5, 0.6) is 0 Å². The lowest BCUT2D eigenvalue weighted by molar-refractivity contribution is 0.157. The Labute approximate surface area is 191 Å². The van der Waals surface area contributed by atoms with Crippen molar-refractivity contribution in [3.05, 3.63) is 0 Å². The Morgan fingerprint density at radius 3 is 0.833 bits per heavy atom. The summed E-state index contributed by atoms with van der Waals surface area (Å²) in [6.45, 7) is 16.8. The van der Waals surface area contributed by atoms with Crippen molar-refractivity contribution >= 4 is 17.1 Å².